The quantitative estimate of drug-likeness (QED) is 0.570. The number of aromatic nitrogens is 4. The third kappa shape index (κ3) is 1.58. The van der Waals surface area contributed by atoms with E-state index in [1.54, 1.807) is 0 Å². The molecule has 0 aliphatic rings. The lowest BCUT2D eigenvalue weighted by molar-refractivity contribution is 0.960. The minimum Gasteiger partial charge on any atom is -0.253 e. The first-order valence-corrected chi connectivity index (χ1v) is 6.49. The molecule has 2 heterocycles. The monoisotopic (exact) mass is 260 g/mol. The summed E-state index contributed by atoms with van der Waals surface area (Å²) in [4.78, 5) is 4.61. The van der Waals surface area contributed by atoms with Gasteiger partial charge < -0.3 is 0 Å². The van der Waals surface area contributed by atoms with E-state index in [0.29, 0.717) is 0 Å². The SMILES string of the molecule is Cc1cc(-c2ccccc2)c2c(ccc3n[nH]nc32)n1. The number of fused-ring (bicyclic) bond motifs is 3. The van der Waals surface area contributed by atoms with Gasteiger partial charge >= 0.3 is 0 Å². The molecule has 0 unspecified atom stereocenters. The Kier molecular flexibility index (Phi) is 2.29. The van der Waals surface area contributed by atoms with Crippen molar-refractivity contribution in [2.75, 3.05) is 0 Å². The molecule has 0 amide bonds. The largest absolute Gasteiger partial charge is 0.253 e. The van der Waals surface area contributed by atoms with Gasteiger partial charge in [-0.15, -0.1) is 0 Å². The van der Waals surface area contributed by atoms with Crippen LogP contribution in [0, 0.1) is 6.92 Å². The molecule has 4 nitrogen and oxygen atoms in total. The molecule has 0 aliphatic carbocycles. The van der Waals surface area contributed by atoms with Gasteiger partial charge in [0, 0.05) is 11.1 Å². The van der Waals surface area contributed by atoms with Crippen LogP contribution in [-0.2, 0) is 0 Å². The third-order valence-corrected chi connectivity index (χ3v) is 3.47. The zero-order valence-electron chi connectivity index (χ0n) is 11.0. The lowest BCUT2D eigenvalue weighted by Crippen LogP contribution is -1.89. The second-order valence-electron chi connectivity index (χ2n) is 4.83. The van der Waals surface area contributed by atoms with Crippen LogP contribution in [0.15, 0.2) is 48.5 Å². The van der Waals surface area contributed by atoms with Crippen molar-refractivity contribution in [3.63, 3.8) is 0 Å². The molecule has 2 aromatic carbocycles. The number of hydrogen-bond donors (Lipinski definition) is 1. The van der Waals surface area contributed by atoms with E-state index in [1.165, 1.54) is 5.56 Å². The van der Waals surface area contributed by atoms with Crippen molar-refractivity contribution in [1.82, 2.24) is 20.4 Å². The number of rotatable bonds is 1. The summed E-state index contributed by atoms with van der Waals surface area (Å²) in [6, 6.07) is 16.4. The van der Waals surface area contributed by atoms with Gasteiger partial charge in [0.15, 0.2) is 0 Å². The van der Waals surface area contributed by atoms with Crippen molar-refractivity contribution >= 4 is 21.9 Å². The van der Waals surface area contributed by atoms with Gasteiger partial charge in [0.2, 0.25) is 0 Å². The molecule has 0 bridgehead atoms. The van der Waals surface area contributed by atoms with Gasteiger partial charge in [0.25, 0.3) is 0 Å². The Morgan fingerprint density at radius 2 is 1.70 bits per heavy atom. The number of aromatic amines is 1. The van der Waals surface area contributed by atoms with E-state index in [1.807, 2.05) is 37.3 Å². The zero-order chi connectivity index (χ0) is 13.5. The summed E-state index contributed by atoms with van der Waals surface area (Å²) in [7, 11) is 0. The van der Waals surface area contributed by atoms with Crippen molar-refractivity contribution in [3.05, 3.63) is 54.2 Å². The smallest absolute Gasteiger partial charge is 0.122 e. The Morgan fingerprint density at radius 3 is 2.55 bits per heavy atom. The summed E-state index contributed by atoms with van der Waals surface area (Å²) in [6.45, 7) is 2.01. The molecule has 20 heavy (non-hydrogen) atoms. The van der Waals surface area contributed by atoms with Gasteiger partial charge in [-0.05, 0) is 36.2 Å². The highest BCUT2D eigenvalue weighted by atomic mass is 15.3. The second-order valence-corrected chi connectivity index (χ2v) is 4.83. The molecular weight excluding hydrogens is 248 g/mol. The Bertz CT molecular complexity index is 910. The number of nitrogens with zero attached hydrogens (tertiary/aromatic N) is 3. The summed E-state index contributed by atoms with van der Waals surface area (Å²) in [5.74, 6) is 0. The molecule has 4 rings (SSSR count). The van der Waals surface area contributed by atoms with Crippen LogP contribution in [0.4, 0.5) is 0 Å². The standard InChI is InChI=1S/C16H12N4/c1-10-9-12(11-5-3-2-4-6-11)15-13(17-10)7-8-14-16(15)19-20-18-14/h2-9H,1H3,(H,18,19,20). The maximum atomic E-state index is 4.61. The highest BCUT2D eigenvalue weighted by Crippen LogP contribution is 2.32. The van der Waals surface area contributed by atoms with Crippen LogP contribution >= 0.6 is 0 Å². The average Bonchev–Trinajstić information content (AvgIpc) is 2.95. The molecule has 4 heteroatoms. The Balaban J connectivity index is 2.20. The van der Waals surface area contributed by atoms with Gasteiger partial charge in [-0.3, -0.25) is 4.98 Å². The van der Waals surface area contributed by atoms with E-state index >= 15 is 0 Å². The summed E-state index contributed by atoms with van der Waals surface area (Å²) in [6.07, 6.45) is 0. The number of pyridine rings is 1. The molecule has 2 aromatic heterocycles. The highest BCUT2D eigenvalue weighted by molar-refractivity contribution is 6.10. The van der Waals surface area contributed by atoms with E-state index in [0.717, 1.165) is 33.2 Å². The van der Waals surface area contributed by atoms with Crippen LogP contribution in [0.25, 0.3) is 33.1 Å². The van der Waals surface area contributed by atoms with Gasteiger partial charge in [-0.25, -0.2) is 0 Å². The fourth-order valence-electron chi connectivity index (χ4n) is 2.61. The lowest BCUT2D eigenvalue weighted by Gasteiger charge is -2.08. The molecule has 96 valence electrons. The van der Waals surface area contributed by atoms with Gasteiger partial charge in [0.05, 0.1) is 5.52 Å². The fraction of sp³-hybridized carbons (Fsp3) is 0.0625. The summed E-state index contributed by atoms with van der Waals surface area (Å²) >= 11 is 0. The van der Waals surface area contributed by atoms with Crippen molar-refractivity contribution in [2.24, 2.45) is 0 Å². The molecular formula is C16H12N4. The number of benzene rings is 2. The van der Waals surface area contributed by atoms with Crippen LogP contribution in [0.5, 0.6) is 0 Å². The maximum absolute atomic E-state index is 4.61. The van der Waals surface area contributed by atoms with E-state index in [4.69, 9.17) is 0 Å². The van der Waals surface area contributed by atoms with E-state index in [2.05, 4.69) is 38.6 Å². The van der Waals surface area contributed by atoms with Crippen molar-refractivity contribution in [3.8, 4) is 11.1 Å². The third-order valence-electron chi connectivity index (χ3n) is 3.47. The summed E-state index contributed by atoms with van der Waals surface area (Å²) < 4.78 is 0. The van der Waals surface area contributed by atoms with Crippen molar-refractivity contribution < 1.29 is 0 Å². The first-order valence-electron chi connectivity index (χ1n) is 6.49. The minimum absolute atomic E-state index is 0.861. The molecule has 0 radical (unpaired) electrons. The molecule has 0 spiro atoms. The Hall–Kier alpha value is -2.75. The first-order chi connectivity index (χ1) is 9.83. The number of hydrogen-bond acceptors (Lipinski definition) is 3. The Morgan fingerprint density at radius 1 is 0.900 bits per heavy atom. The molecule has 0 fully saturated rings. The van der Waals surface area contributed by atoms with Crippen LogP contribution in [0.2, 0.25) is 0 Å². The van der Waals surface area contributed by atoms with Gasteiger partial charge in [-0.2, -0.15) is 15.4 Å². The maximum Gasteiger partial charge on any atom is 0.122 e. The predicted molar refractivity (Wildman–Crippen MR) is 79.4 cm³/mol. The number of nitrogens with one attached hydrogen (secondary N) is 1. The summed E-state index contributed by atoms with van der Waals surface area (Å²) in [5.41, 5.74) is 5.99. The normalized spacial score (nSPS) is 11.2. The lowest BCUT2D eigenvalue weighted by atomic mass is 9.99. The number of H-pyrrole nitrogens is 1. The topological polar surface area (TPSA) is 54.5 Å². The average molecular weight is 260 g/mol. The van der Waals surface area contributed by atoms with E-state index < -0.39 is 0 Å². The fourth-order valence-corrected chi connectivity index (χ4v) is 2.61. The molecule has 4 aromatic rings. The molecule has 0 aliphatic heterocycles. The molecule has 0 atom stereocenters. The highest BCUT2D eigenvalue weighted by Gasteiger charge is 2.12. The Labute approximate surface area is 115 Å². The minimum atomic E-state index is 0.861. The van der Waals surface area contributed by atoms with Crippen LogP contribution in [0.3, 0.4) is 0 Å². The molecule has 1 N–H and O–H groups in total. The summed E-state index contributed by atoms with van der Waals surface area (Å²) in [5, 5.41) is 12.2. The van der Waals surface area contributed by atoms with E-state index in [-0.39, 0.29) is 0 Å². The second kappa shape index (κ2) is 4.13. The predicted octanol–water partition coefficient (Wildman–Crippen LogP) is 3.48. The molecule has 0 saturated heterocycles. The van der Waals surface area contributed by atoms with Crippen LogP contribution in [-0.4, -0.2) is 20.4 Å². The zero-order valence-corrected chi connectivity index (χ0v) is 11.0. The van der Waals surface area contributed by atoms with Crippen molar-refractivity contribution in [2.45, 2.75) is 6.92 Å². The number of aryl methyl sites for hydroxylation is 1. The van der Waals surface area contributed by atoms with Gasteiger partial charge in [-0.1, -0.05) is 30.3 Å². The van der Waals surface area contributed by atoms with Crippen LogP contribution in [0.1, 0.15) is 5.69 Å². The van der Waals surface area contributed by atoms with Crippen LogP contribution < -0.4 is 0 Å². The van der Waals surface area contributed by atoms with Gasteiger partial charge in [0.1, 0.15) is 11.0 Å². The molecule has 0 saturated carbocycles. The first kappa shape index (κ1) is 11.1. The van der Waals surface area contributed by atoms with Crippen molar-refractivity contribution in [1.29, 1.82) is 0 Å². The van der Waals surface area contributed by atoms with E-state index in [9.17, 15) is 0 Å².